The zero-order valence-corrected chi connectivity index (χ0v) is 41.3. The van der Waals surface area contributed by atoms with E-state index in [2.05, 4.69) is 313 Å². The van der Waals surface area contributed by atoms with Crippen LogP contribution in [0.25, 0.3) is 83.1 Å². The third kappa shape index (κ3) is 7.41. The first-order valence-electron chi connectivity index (χ1n) is 25.9. The van der Waals surface area contributed by atoms with Crippen molar-refractivity contribution in [3.05, 3.63) is 326 Å². The van der Waals surface area contributed by atoms with Crippen LogP contribution in [0.15, 0.2) is 303 Å². The zero-order chi connectivity index (χ0) is 49.7. The van der Waals surface area contributed by atoms with Crippen molar-refractivity contribution in [2.24, 2.45) is 0 Å². The van der Waals surface area contributed by atoms with Crippen LogP contribution in [0.4, 0.5) is 17.1 Å². The molecule has 75 heavy (non-hydrogen) atoms. The summed E-state index contributed by atoms with van der Waals surface area (Å²) in [6.45, 7) is 0. The van der Waals surface area contributed by atoms with Gasteiger partial charge in [-0.2, -0.15) is 0 Å². The predicted molar refractivity (Wildman–Crippen MR) is 315 cm³/mol. The Morgan fingerprint density at radius 1 is 0.253 bits per heavy atom. The maximum Gasteiger partial charge on any atom is 0.0714 e. The lowest BCUT2D eigenvalue weighted by Gasteiger charge is -2.34. The molecular weight excluding hydrogens is 905 g/mol. The third-order valence-electron chi connectivity index (χ3n) is 15.5. The number of aromatic nitrogens is 1. The van der Waals surface area contributed by atoms with Gasteiger partial charge in [0.15, 0.2) is 0 Å². The minimum absolute atomic E-state index is 0.489. The molecule has 1 heterocycles. The van der Waals surface area contributed by atoms with Gasteiger partial charge in [-0.25, -0.2) is 0 Å². The van der Waals surface area contributed by atoms with E-state index in [1.807, 2.05) is 0 Å². The third-order valence-corrected chi connectivity index (χ3v) is 15.5. The zero-order valence-electron chi connectivity index (χ0n) is 41.3. The molecule has 2 heteroatoms. The predicted octanol–water partition coefficient (Wildman–Crippen LogP) is 19.3. The Hall–Kier alpha value is -9.76. The number of anilines is 3. The summed E-state index contributed by atoms with van der Waals surface area (Å²) in [5.41, 5.74) is 23.5. The summed E-state index contributed by atoms with van der Waals surface area (Å²) in [6, 6.07) is 111. The number of hydrogen-bond acceptors (Lipinski definition) is 1. The van der Waals surface area contributed by atoms with Gasteiger partial charge in [-0.1, -0.05) is 243 Å². The summed E-state index contributed by atoms with van der Waals surface area (Å²) in [5.74, 6) is 0. The Morgan fingerprint density at radius 2 is 0.720 bits per heavy atom. The molecule has 0 spiro atoms. The molecule has 13 aromatic rings. The molecule has 2 nitrogen and oxygen atoms in total. The average molecular weight is 955 g/mol. The Bertz CT molecular complexity index is 4160. The Balaban J connectivity index is 0.827. The highest BCUT2D eigenvalue weighted by molar-refractivity contribution is 6.10. The maximum absolute atomic E-state index is 2.48. The fourth-order valence-electron chi connectivity index (χ4n) is 12.1. The number of rotatable bonds is 10. The molecule has 1 aromatic heterocycles. The molecular formula is C73H50N2. The van der Waals surface area contributed by atoms with E-state index in [1.165, 1.54) is 88.6 Å². The van der Waals surface area contributed by atoms with Crippen LogP contribution in [0.2, 0.25) is 0 Å². The second kappa shape index (κ2) is 18.4. The maximum atomic E-state index is 2.48. The van der Waals surface area contributed by atoms with Crippen LogP contribution >= 0.6 is 0 Å². The van der Waals surface area contributed by atoms with Crippen molar-refractivity contribution in [2.75, 3.05) is 4.90 Å². The molecule has 12 aromatic carbocycles. The van der Waals surface area contributed by atoms with Crippen LogP contribution in [0.1, 0.15) is 22.3 Å². The van der Waals surface area contributed by atoms with Crippen molar-refractivity contribution in [1.29, 1.82) is 0 Å². The molecule has 0 atom stereocenters. The first kappa shape index (κ1) is 44.0. The van der Waals surface area contributed by atoms with Crippen molar-refractivity contribution in [3.63, 3.8) is 0 Å². The highest BCUT2D eigenvalue weighted by Crippen LogP contribution is 2.56. The number of para-hydroxylation sites is 2. The lowest BCUT2D eigenvalue weighted by molar-refractivity contribution is 0.767. The summed E-state index contributed by atoms with van der Waals surface area (Å²) in [6.07, 6.45) is 0. The molecule has 0 saturated carbocycles. The van der Waals surface area contributed by atoms with E-state index >= 15 is 0 Å². The van der Waals surface area contributed by atoms with Gasteiger partial charge in [0.2, 0.25) is 0 Å². The number of fused-ring (bicyclic) bond motifs is 6. The molecule has 0 fully saturated rings. The van der Waals surface area contributed by atoms with Gasteiger partial charge in [0.05, 0.1) is 16.4 Å². The number of nitrogens with zero attached hydrogens (tertiary/aromatic N) is 2. The molecule has 0 radical (unpaired) electrons. The monoisotopic (exact) mass is 954 g/mol. The van der Waals surface area contributed by atoms with Crippen LogP contribution in [-0.4, -0.2) is 4.57 Å². The Kier molecular flexibility index (Phi) is 10.8. The normalized spacial score (nSPS) is 12.4. The van der Waals surface area contributed by atoms with Crippen molar-refractivity contribution in [1.82, 2.24) is 4.57 Å². The average Bonchev–Trinajstić information content (AvgIpc) is 4.11. The SMILES string of the molecule is c1ccc(-c2ccccc2-c2ccc(N(c3ccccc3)c3cccc(-c4ccc(-c5ccc6c7ccccc7n(-c7ccc8c(c7)C(c7ccccc7)(c7ccccc7)c7ccccc7-8)c6c5)cc4)c3)cc2)cc1. The topological polar surface area (TPSA) is 8.17 Å². The Labute approximate surface area is 438 Å². The van der Waals surface area contributed by atoms with Gasteiger partial charge in [-0.3, -0.25) is 0 Å². The summed E-state index contributed by atoms with van der Waals surface area (Å²) >= 11 is 0. The molecule has 0 saturated heterocycles. The van der Waals surface area contributed by atoms with E-state index < -0.39 is 5.41 Å². The van der Waals surface area contributed by atoms with Crippen molar-refractivity contribution < 1.29 is 0 Å². The summed E-state index contributed by atoms with van der Waals surface area (Å²) in [5, 5.41) is 2.47. The molecule has 0 amide bonds. The van der Waals surface area contributed by atoms with Gasteiger partial charge in [0.1, 0.15) is 0 Å². The van der Waals surface area contributed by atoms with Crippen LogP contribution in [-0.2, 0) is 5.41 Å². The minimum atomic E-state index is -0.489. The van der Waals surface area contributed by atoms with Gasteiger partial charge in [0, 0.05) is 33.5 Å². The standard InChI is InChI=1S/C73H50N2/c1-5-20-53(21-6-1)63-30-13-14-31-64(63)54-40-43-60(44-41-54)74(59-27-11-4-12-28-59)61-29-19-22-55(48-61)51-36-38-52(39-37-51)56-42-46-68-67-33-16-18-35-71(67)75(72(68)49-56)62-45-47-66-65-32-15-17-34-69(65)73(70(66)50-62,57-23-7-2-8-24-57)58-25-9-3-10-26-58/h1-50H. The quantitative estimate of drug-likeness (QED) is 0.133. The smallest absolute Gasteiger partial charge is 0.0714 e. The van der Waals surface area contributed by atoms with Crippen molar-refractivity contribution in [2.45, 2.75) is 5.41 Å². The van der Waals surface area contributed by atoms with Gasteiger partial charge in [-0.15, -0.1) is 0 Å². The minimum Gasteiger partial charge on any atom is -0.310 e. The molecule has 0 unspecified atom stereocenters. The van der Waals surface area contributed by atoms with Crippen molar-refractivity contribution in [3.8, 4) is 61.3 Å². The fraction of sp³-hybridized carbons (Fsp3) is 0.0137. The summed E-state index contributed by atoms with van der Waals surface area (Å²) in [7, 11) is 0. The molecule has 352 valence electrons. The second-order valence-corrected chi connectivity index (χ2v) is 19.6. The van der Waals surface area contributed by atoms with Gasteiger partial charge in [-0.05, 0) is 139 Å². The van der Waals surface area contributed by atoms with E-state index in [1.54, 1.807) is 0 Å². The molecule has 14 rings (SSSR count). The van der Waals surface area contributed by atoms with Crippen molar-refractivity contribution >= 4 is 38.9 Å². The first-order valence-corrected chi connectivity index (χ1v) is 25.9. The highest BCUT2D eigenvalue weighted by atomic mass is 15.1. The molecule has 1 aliphatic rings. The van der Waals surface area contributed by atoms with E-state index in [4.69, 9.17) is 0 Å². The number of hydrogen-bond donors (Lipinski definition) is 0. The molecule has 0 aliphatic heterocycles. The summed E-state index contributed by atoms with van der Waals surface area (Å²) < 4.78 is 2.48. The first-order chi connectivity index (χ1) is 37.2. The van der Waals surface area contributed by atoms with E-state index in [-0.39, 0.29) is 0 Å². The summed E-state index contributed by atoms with van der Waals surface area (Å²) in [4.78, 5) is 2.35. The lowest BCUT2D eigenvalue weighted by Crippen LogP contribution is -2.28. The highest BCUT2D eigenvalue weighted by Gasteiger charge is 2.46. The van der Waals surface area contributed by atoms with E-state index in [9.17, 15) is 0 Å². The molecule has 0 bridgehead atoms. The number of benzene rings is 12. The van der Waals surface area contributed by atoms with Gasteiger partial charge in [0.25, 0.3) is 0 Å². The van der Waals surface area contributed by atoms with Crippen LogP contribution in [0.5, 0.6) is 0 Å². The van der Waals surface area contributed by atoms with Gasteiger partial charge < -0.3 is 9.47 Å². The second-order valence-electron chi connectivity index (χ2n) is 19.6. The van der Waals surface area contributed by atoms with Crippen LogP contribution in [0, 0.1) is 0 Å². The molecule has 0 N–H and O–H groups in total. The lowest BCUT2D eigenvalue weighted by atomic mass is 9.67. The Morgan fingerprint density at radius 3 is 1.40 bits per heavy atom. The van der Waals surface area contributed by atoms with Crippen LogP contribution < -0.4 is 4.90 Å². The van der Waals surface area contributed by atoms with Crippen LogP contribution in [0.3, 0.4) is 0 Å². The van der Waals surface area contributed by atoms with E-state index in [0.29, 0.717) is 0 Å². The molecule has 1 aliphatic carbocycles. The fourth-order valence-corrected chi connectivity index (χ4v) is 12.1. The van der Waals surface area contributed by atoms with E-state index in [0.717, 1.165) is 33.9 Å². The largest absolute Gasteiger partial charge is 0.310 e. The van der Waals surface area contributed by atoms with Gasteiger partial charge >= 0.3 is 0 Å².